The number of hydroxylamine groups is 1. The second-order valence-corrected chi connectivity index (χ2v) is 7.01. The van der Waals surface area contributed by atoms with E-state index in [0.29, 0.717) is 11.4 Å². The zero-order valence-corrected chi connectivity index (χ0v) is 15.2. The van der Waals surface area contributed by atoms with Crippen molar-refractivity contribution in [3.05, 3.63) is 53.9 Å². The van der Waals surface area contributed by atoms with E-state index in [9.17, 15) is 4.79 Å². The van der Waals surface area contributed by atoms with Gasteiger partial charge < -0.3 is 4.90 Å². The van der Waals surface area contributed by atoms with Crippen molar-refractivity contribution in [3.63, 3.8) is 0 Å². The lowest BCUT2D eigenvalue weighted by atomic mass is 9.79. The largest absolute Gasteiger partial charge is 0.340 e. The van der Waals surface area contributed by atoms with Crippen LogP contribution in [0.3, 0.4) is 0 Å². The Balaban J connectivity index is 0.00000196. The number of rotatable bonds is 4. The Labute approximate surface area is 158 Å². The monoisotopic (exact) mass is 375 g/mol. The highest BCUT2D eigenvalue weighted by Gasteiger charge is 2.47. The quantitative estimate of drug-likeness (QED) is 0.625. The molecule has 2 saturated heterocycles. The van der Waals surface area contributed by atoms with Gasteiger partial charge in [0.05, 0.1) is 5.56 Å². The van der Waals surface area contributed by atoms with Crippen molar-refractivity contribution in [1.82, 2.24) is 20.3 Å². The summed E-state index contributed by atoms with van der Waals surface area (Å²) in [5.74, 6) is 0.0489. The van der Waals surface area contributed by atoms with E-state index in [1.54, 1.807) is 5.48 Å². The minimum absolute atomic E-state index is 0. The third-order valence-electron chi connectivity index (χ3n) is 5.09. The summed E-state index contributed by atoms with van der Waals surface area (Å²) in [6.07, 6.45) is 4.03. The van der Waals surface area contributed by atoms with Crippen LogP contribution in [0, 0.1) is 5.41 Å². The summed E-state index contributed by atoms with van der Waals surface area (Å²) < 4.78 is 0. The van der Waals surface area contributed by atoms with Crippen molar-refractivity contribution in [2.24, 2.45) is 5.41 Å². The number of likely N-dealkylation sites (tertiary alicyclic amines) is 1. The molecule has 2 fully saturated rings. The molecule has 4 rings (SSSR count). The maximum atomic E-state index is 11.3. The zero-order chi connectivity index (χ0) is 17.3. The highest BCUT2D eigenvalue weighted by Crippen LogP contribution is 2.40. The first-order valence-electron chi connectivity index (χ1n) is 8.45. The van der Waals surface area contributed by atoms with Crippen molar-refractivity contribution in [2.45, 2.75) is 13.0 Å². The summed E-state index contributed by atoms with van der Waals surface area (Å²) in [6.45, 7) is 5.09. The summed E-state index contributed by atoms with van der Waals surface area (Å²) in [5.41, 5.74) is 3.52. The smallest absolute Gasteiger partial charge is 0.277 e. The van der Waals surface area contributed by atoms with Crippen LogP contribution < -0.4 is 10.4 Å². The molecule has 0 radical (unpaired) electrons. The molecule has 0 bridgehead atoms. The van der Waals surface area contributed by atoms with Gasteiger partial charge in [0.2, 0.25) is 5.95 Å². The summed E-state index contributed by atoms with van der Waals surface area (Å²) >= 11 is 0. The van der Waals surface area contributed by atoms with E-state index in [0.717, 1.165) is 39.1 Å². The van der Waals surface area contributed by atoms with E-state index < -0.39 is 5.91 Å². The number of nitrogens with zero attached hydrogens (tertiary/aromatic N) is 4. The molecule has 2 aliphatic rings. The first kappa shape index (κ1) is 18.6. The fraction of sp³-hybridized carbons (Fsp3) is 0.389. The first-order valence-corrected chi connectivity index (χ1v) is 8.45. The van der Waals surface area contributed by atoms with Gasteiger partial charge in [-0.15, -0.1) is 12.4 Å². The van der Waals surface area contributed by atoms with Crippen LogP contribution in [0.25, 0.3) is 0 Å². The lowest BCUT2D eigenvalue weighted by molar-refractivity contribution is 0.0116. The molecular weight excluding hydrogens is 354 g/mol. The number of amides is 1. The normalized spacial score (nSPS) is 18.3. The lowest BCUT2D eigenvalue weighted by Crippen LogP contribution is -2.56. The van der Waals surface area contributed by atoms with Crippen LogP contribution in [0.1, 0.15) is 22.3 Å². The highest BCUT2D eigenvalue weighted by atomic mass is 35.5. The van der Waals surface area contributed by atoms with E-state index in [-0.39, 0.29) is 18.0 Å². The number of hydrogen-bond donors (Lipinski definition) is 2. The highest BCUT2D eigenvalue weighted by molar-refractivity contribution is 5.92. The molecular formula is C18H22ClN5O2. The molecule has 138 valence electrons. The standard InChI is InChI=1S/C18H21N5O2.ClH/c24-16(21-25)15-8-19-17(20-9-15)23-7-6-18(13-23)11-22(12-18)10-14-4-2-1-3-5-14;/h1-5,8-9,25H,6-7,10-13H2,(H,21,24);1H. The molecule has 0 aliphatic carbocycles. The molecule has 1 aromatic carbocycles. The second kappa shape index (κ2) is 7.57. The van der Waals surface area contributed by atoms with Gasteiger partial charge in [0.25, 0.3) is 5.91 Å². The van der Waals surface area contributed by atoms with Crippen LogP contribution in [0.5, 0.6) is 0 Å². The van der Waals surface area contributed by atoms with E-state index in [1.807, 2.05) is 6.07 Å². The summed E-state index contributed by atoms with van der Waals surface area (Å²) in [4.78, 5) is 24.5. The molecule has 2 aromatic rings. The number of carbonyl (C=O) groups is 1. The molecule has 2 aliphatic heterocycles. The molecule has 26 heavy (non-hydrogen) atoms. The van der Waals surface area contributed by atoms with E-state index >= 15 is 0 Å². The van der Waals surface area contributed by atoms with Crippen LogP contribution in [0.15, 0.2) is 42.7 Å². The SMILES string of the molecule is Cl.O=C(NO)c1cnc(N2CCC3(CN(Cc4ccccc4)C3)C2)nc1. The number of aromatic nitrogens is 2. The molecule has 7 nitrogen and oxygen atoms in total. The van der Waals surface area contributed by atoms with Crippen LogP contribution in [0.4, 0.5) is 5.95 Å². The van der Waals surface area contributed by atoms with Gasteiger partial charge in [-0.2, -0.15) is 0 Å². The number of benzene rings is 1. The molecule has 2 N–H and O–H groups in total. The summed E-state index contributed by atoms with van der Waals surface area (Å²) in [7, 11) is 0. The first-order chi connectivity index (χ1) is 12.2. The average Bonchev–Trinajstić information content (AvgIpc) is 3.07. The van der Waals surface area contributed by atoms with E-state index in [1.165, 1.54) is 18.0 Å². The minimum atomic E-state index is -0.597. The van der Waals surface area contributed by atoms with Crippen LogP contribution >= 0.6 is 12.4 Å². The third kappa shape index (κ3) is 3.65. The number of hydrogen-bond acceptors (Lipinski definition) is 6. The predicted octanol–water partition coefficient (Wildman–Crippen LogP) is 1.73. The van der Waals surface area contributed by atoms with Crippen molar-refractivity contribution in [1.29, 1.82) is 0 Å². The number of carbonyl (C=O) groups excluding carboxylic acids is 1. The van der Waals surface area contributed by atoms with Gasteiger partial charge in [0, 0.05) is 50.5 Å². The van der Waals surface area contributed by atoms with Crippen LogP contribution in [-0.2, 0) is 6.54 Å². The van der Waals surface area contributed by atoms with Gasteiger partial charge in [0.15, 0.2) is 0 Å². The van der Waals surface area contributed by atoms with Crippen LogP contribution in [-0.4, -0.2) is 52.2 Å². The van der Waals surface area contributed by atoms with Crippen molar-refractivity contribution < 1.29 is 10.0 Å². The maximum Gasteiger partial charge on any atom is 0.277 e. The molecule has 8 heteroatoms. The van der Waals surface area contributed by atoms with Gasteiger partial charge in [-0.3, -0.25) is 14.9 Å². The molecule has 1 aromatic heterocycles. The molecule has 0 atom stereocenters. The van der Waals surface area contributed by atoms with Crippen LogP contribution in [0.2, 0.25) is 0 Å². The molecule has 3 heterocycles. The fourth-order valence-corrected chi connectivity index (χ4v) is 3.89. The van der Waals surface area contributed by atoms with Crippen molar-refractivity contribution in [2.75, 3.05) is 31.1 Å². The summed E-state index contributed by atoms with van der Waals surface area (Å²) in [5, 5.41) is 8.64. The Kier molecular flexibility index (Phi) is 5.41. The Bertz CT molecular complexity index is 750. The molecule has 0 saturated carbocycles. The van der Waals surface area contributed by atoms with E-state index in [2.05, 4.69) is 44.0 Å². The molecule has 1 spiro atoms. The average molecular weight is 376 g/mol. The Morgan fingerprint density at radius 2 is 1.85 bits per heavy atom. The lowest BCUT2D eigenvalue weighted by Gasteiger charge is -2.48. The number of anilines is 1. The van der Waals surface area contributed by atoms with Crippen molar-refractivity contribution in [3.8, 4) is 0 Å². The topological polar surface area (TPSA) is 81.6 Å². The van der Waals surface area contributed by atoms with Gasteiger partial charge in [0.1, 0.15) is 0 Å². The second-order valence-electron chi connectivity index (χ2n) is 7.01. The molecule has 1 amide bonds. The summed E-state index contributed by atoms with van der Waals surface area (Å²) in [6, 6.07) is 10.6. The number of nitrogens with one attached hydrogen (secondary N) is 1. The number of halogens is 1. The Hall–Kier alpha value is -2.22. The minimum Gasteiger partial charge on any atom is -0.340 e. The Morgan fingerprint density at radius 3 is 2.50 bits per heavy atom. The third-order valence-corrected chi connectivity index (χ3v) is 5.09. The van der Waals surface area contributed by atoms with Crippen molar-refractivity contribution >= 4 is 24.3 Å². The van der Waals surface area contributed by atoms with Gasteiger partial charge in [-0.1, -0.05) is 30.3 Å². The van der Waals surface area contributed by atoms with Gasteiger partial charge in [-0.25, -0.2) is 15.4 Å². The fourth-order valence-electron chi connectivity index (χ4n) is 3.89. The Morgan fingerprint density at radius 1 is 1.15 bits per heavy atom. The van der Waals surface area contributed by atoms with Gasteiger partial charge in [-0.05, 0) is 12.0 Å². The maximum absolute atomic E-state index is 11.3. The molecule has 0 unspecified atom stereocenters. The van der Waals surface area contributed by atoms with E-state index in [4.69, 9.17) is 5.21 Å². The zero-order valence-electron chi connectivity index (χ0n) is 14.3. The van der Waals surface area contributed by atoms with Gasteiger partial charge >= 0.3 is 0 Å². The predicted molar refractivity (Wildman–Crippen MR) is 99.5 cm³/mol.